The number of aromatic nitrogens is 1. The first-order valence-corrected chi connectivity index (χ1v) is 7.22. The summed E-state index contributed by atoms with van der Waals surface area (Å²) in [6.07, 6.45) is 6.70. The van der Waals surface area contributed by atoms with Crippen molar-refractivity contribution in [3.05, 3.63) is 30.1 Å². The third kappa shape index (κ3) is 5.39. The van der Waals surface area contributed by atoms with Gasteiger partial charge in [0.05, 0.1) is 0 Å². The minimum atomic E-state index is 0.175. The Labute approximate surface area is 115 Å². The predicted octanol–water partition coefficient (Wildman–Crippen LogP) is 1.52. The third-order valence-corrected chi connectivity index (χ3v) is 3.67. The lowest BCUT2D eigenvalue weighted by atomic mass is 9.93. The standard InChI is InChI=1S/C15H23N3O/c19-15(5-4-13-6-10-16-11-7-13)18-12-8-14-3-1-2-9-17-14/h1-3,9,13,16H,4-8,10-12H2,(H,18,19). The molecule has 1 saturated heterocycles. The molecule has 0 bridgehead atoms. The molecule has 1 aliphatic heterocycles. The highest BCUT2D eigenvalue weighted by Gasteiger charge is 2.14. The maximum absolute atomic E-state index is 11.7. The van der Waals surface area contributed by atoms with E-state index in [0.717, 1.165) is 37.5 Å². The summed E-state index contributed by atoms with van der Waals surface area (Å²) in [4.78, 5) is 16.0. The number of carbonyl (C=O) groups excluding carboxylic acids is 1. The van der Waals surface area contributed by atoms with Crippen LogP contribution in [0.1, 0.15) is 31.4 Å². The van der Waals surface area contributed by atoms with Crippen molar-refractivity contribution >= 4 is 5.91 Å². The Kier molecular flexibility index (Phi) is 5.82. The molecule has 2 rings (SSSR count). The van der Waals surface area contributed by atoms with Crippen molar-refractivity contribution < 1.29 is 4.79 Å². The van der Waals surface area contributed by atoms with E-state index in [1.165, 1.54) is 12.8 Å². The number of hydrogen-bond donors (Lipinski definition) is 2. The molecule has 0 aromatic carbocycles. The summed E-state index contributed by atoms with van der Waals surface area (Å²) in [6.45, 7) is 2.89. The number of piperidine rings is 1. The second-order valence-electron chi connectivity index (χ2n) is 5.15. The van der Waals surface area contributed by atoms with Crippen LogP contribution in [0.2, 0.25) is 0 Å². The zero-order valence-electron chi connectivity index (χ0n) is 11.4. The lowest BCUT2D eigenvalue weighted by molar-refractivity contribution is -0.121. The van der Waals surface area contributed by atoms with Gasteiger partial charge in [-0.3, -0.25) is 9.78 Å². The Hall–Kier alpha value is -1.42. The van der Waals surface area contributed by atoms with Gasteiger partial charge < -0.3 is 10.6 Å². The molecule has 0 spiro atoms. The lowest BCUT2D eigenvalue weighted by Gasteiger charge is -2.22. The molecule has 1 amide bonds. The molecule has 104 valence electrons. The normalized spacial score (nSPS) is 16.2. The Bertz CT molecular complexity index is 374. The summed E-state index contributed by atoms with van der Waals surface area (Å²) in [5, 5.41) is 6.32. The molecule has 0 atom stereocenters. The molecule has 19 heavy (non-hydrogen) atoms. The summed E-state index contributed by atoms with van der Waals surface area (Å²) in [5.41, 5.74) is 1.03. The van der Waals surface area contributed by atoms with Crippen molar-refractivity contribution in [3.8, 4) is 0 Å². The number of nitrogens with zero attached hydrogens (tertiary/aromatic N) is 1. The zero-order chi connectivity index (χ0) is 13.3. The van der Waals surface area contributed by atoms with Gasteiger partial charge in [-0.25, -0.2) is 0 Å². The number of hydrogen-bond acceptors (Lipinski definition) is 3. The molecule has 4 nitrogen and oxygen atoms in total. The van der Waals surface area contributed by atoms with Crippen LogP contribution in [-0.4, -0.2) is 30.5 Å². The molecule has 0 radical (unpaired) electrons. The largest absolute Gasteiger partial charge is 0.356 e. The molecule has 2 heterocycles. The van der Waals surface area contributed by atoms with Gasteiger partial charge in [-0.2, -0.15) is 0 Å². The fourth-order valence-corrected chi connectivity index (χ4v) is 2.47. The van der Waals surface area contributed by atoms with Crippen LogP contribution in [0.5, 0.6) is 0 Å². The molecule has 1 fully saturated rings. The quantitative estimate of drug-likeness (QED) is 0.816. The van der Waals surface area contributed by atoms with Gasteiger partial charge >= 0.3 is 0 Å². The van der Waals surface area contributed by atoms with E-state index in [1.807, 2.05) is 18.2 Å². The van der Waals surface area contributed by atoms with Crippen LogP contribution in [0.3, 0.4) is 0 Å². The highest BCUT2D eigenvalue weighted by atomic mass is 16.1. The van der Waals surface area contributed by atoms with E-state index >= 15 is 0 Å². The monoisotopic (exact) mass is 261 g/mol. The van der Waals surface area contributed by atoms with E-state index in [0.29, 0.717) is 13.0 Å². The van der Waals surface area contributed by atoms with E-state index in [1.54, 1.807) is 6.20 Å². The van der Waals surface area contributed by atoms with E-state index in [4.69, 9.17) is 0 Å². The van der Waals surface area contributed by atoms with Crippen LogP contribution in [0.4, 0.5) is 0 Å². The van der Waals surface area contributed by atoms with Crippen LogP contribution in [0.25, 0.3) is 0 Å². The van der Waals surface area contributed by atoms with E-state index in [2.05, 4.69) is 15.6 Å². The first kappa shape index (κ1) is 14.0. The third-order valence-electron chi connectivity index (χ3n) is 3.67. The van der Waals surface area contributed by atoms with Gasteiger partial charge in [-0.1, -0.05) is 6.07 Å². The van der Waals surface area contributed by atoms with Crippen molar-refractivity contribution in [2.45, 2.75) is 32.1 Å². The molecular formula is C15H23N3O. The lowest BCUT2D eigenvalue weighted by Crippen LogP contribution is -2.30. The van der Waals surface area contributed by atoms with Crippen LogP contribution in [0.15, 0.2) is 24.4 Å². The molecule has 2 N–H and O–H groups in total. The van der Waals surface area contributed by atoms with Gasteiger partial charge in [-0.05, 0) is 50.4 Å². The van der Waals surface area contributed by atoms with Crippen molar-refractivity contribution in [2.24, 2.45) is 5.92 Å². The highest BCUT2D eigenvalue weighted by molar-refractivity contribution is 5.75. The number of nitrogens with one attached hydrogen (secondary N) is 2. The average Bonchev–Trinajstić information content (AvgIpc) is 2.47. The zero-order valence-corrected chi connectivity index (χ0v) is 11.4. The average molecular weight is 261 g/mol. The number of carbonyl (C=O) groups is 1. The Morgan fingerprint density at radius 2 is 2.21 bits per heavy atom. The Morgan fingerprint density at radius 3 is 2.95 bits per heavy atom. The fourth-order valence-electron chi connectivity index (χ4n) is 2.47. The SMILES string of the molecule is O=C(CCC1CCNCC1)NCCc1ccccn1. The van der Waals surface area contributed by atoms with Crippen LogP contribution < -0.4 is 10.6 Å². The smallest absolute Gasteiger partial charge is 0.220 e. The fraction of sp³-hybridized carbons (Fsp3) is 0.600. The number of amides is 1. The van der Waals surface area contributed by atoms with Gasteiger partial charge in [0.25, 0.3) is 0 Å². The maximum Gasteiger partial charge on any atom is 0.220 e. The number of rotatable bonds is 6. The van der Waals surface area contributed by atoms with Gasteiger partial charge in [0.1, 0.15) is 0 Å². The second kappa shape index (κ2) is 7.89. The molecule has 0 saturated carbocycles. The second-order valence-corrected chi connectivity index (χ2v) is 5.15. The van der Waals surface area contributed by atoms with Crippen LogP contribution in [0, 0.1) is 5.92 Å². The summed E-state index contributed by atoms with van der Waals surface area (Å²) >= 11 is 0. The van der Waals surface area contributed by atoms with Crippen molar-refractivity contribution in [3.63, 3.8) is 0 Å². The highest BCUT2D eigenvalue weighted by Crippen LogP contribution is 2.17. The predicted molar refractivity (Wildman–Crippen MR) is 75.8 cm³/mol. The van der Waals surface area contributed by atoms with Crippen LogP contribution >= 0.6 is 0 Å². The maximum atomic E-state index is 11.7. The number of pyridine rings is 1. The van der Waals surface area contributed by atoms with Gasteiger partial charge in [0.15, 0.2) is 0 Å². The molecule has 0 aliphatic carbocycles. The van der Waals surface area contributed by atoms with Gasteiger partial charge in [-0.15, -0.1) is 0 Å². The molecule has 0 unspecified atom stereocenters. The first-order chi connectivity index (χ1) is 9.34. The topological polar surface area (TPSA) is 54.0 Å². The van der Waals surface area contributed by atoms with E-state index in [-0.39, 0.29) is 5.91 Å². The minimum Gasteiger partial charge on any atom is -0.356 e. The van der Waals surface area contributed by atoms with Gasteiger partial charge in [0.2, 0.25) is 5.91 Å². The summed E-state index contributed by atoms with van der Waals surface area (Å²) < 4.78 is 0. The molecule has 1 aromatic rings. The van der Waals surface area contributed by atoms with Crippen molar-refractivity contribution in [2.75, 3.05) is 19.6 Å². The van der Waals surface area contributed by atoms with E-state index in [9.17, 15) is 4.79 Å². The van der Waals surface area contributed by atoms with E-state index < -0.39 is 0 Å². The van der Waals surface area contributed by atoms with Gasteiger partial charge in [0, 0.05) is 31.3 Å². The molecule has 1 aliphatic rings. The summed E-state index contributed by atoms with van der Waals surface area (Å²) in [5.74, 6) is 0.900. The molecule has 4 heteroatoms. The summed E-state index contributed by atoms with van der Waals surface area (Å²) in [7, 11) is 0. The van der Waals surface area contributed by atoms with Crippen molar-refractivity contribution in [1.29, 1.82) is 0 Å². The Balaban J connectivity index is 1.57. The minimum absolute atomic E-state index is 0.175. The van der Waals surface area contributed by atoms with Crippen LogP contribution in [-0.2, 0) is 11.2 Å². The summed E-state index contributed by atoms with van der Waals surface area (Å²) in [6, 6.07) is 5.86. The first-order valence-electron chi connectivity index (χ1n) is 7.22. The molecular weight excluding hydrogens is 238 g/mol. The Morgan fingerprint density at radius 1 is 1.37 bits per heavy atom. The van der Waals surface area contributed by atoms with Crippen molar-refractivity contribution in [1.82, 2.24) is 15.6 Å². The molecule has 1 aromatic heterocycles.